The lowest BCUT2D eigenvalue weighted by Gasteiger charge is -1.97. The summed E-state index contributed by atoms with van der Waals surface area (Å²) >= 11 is 0. The minimum Gasteiger partial charge on any atom is -0.364 e. The molecule has 5 heteroatoms. The molecule has 0 saturated carbocycles. The third-order valence-electron chi connectivity index (χ3n) is 1.69. The zero-order valence-electron chi connectivity index (χ0n) is 6.64. The van der Waals surface area contributed by atoms with Gasteiger partial charge in [0.1, 0.15) is 0 Å². The number of primary amides is 1. The number of carbonyl (C=O) groups excluding carboxylic acids is 1. The molecule has 5 nitrogen and oxygen atoms in total. The van der Waals surface area contributed by atoms with Crippen LogP contribution >= 0.6 is 0 Å². The maximum absolute atomic E-state index is 10.9. The largest absolute Gasteiger partial charge is 0.364 e. The molecule has 0 saturated heterocycles. The molecule has 0 spiro atoms. The molecule has 13 heavy (non-hydrogen) atoms. The molecule has 1 aromatic heterocycles. The Kier molecular flexibility index (Phi) is 1.63. The maximum atomic E-state index is 10.9. The van der Waals surface area contributed by atoms with Crippen molar-refractivity contribution in [3.8, 4) is 0 Å². The second kappa shape index (κ2) is 2.78. The van der Waals surface area contributed by atoms with E-state index in [0.717, 1.165) is 0 Å². The number of nitrogens with zero attached hydrogens (tertiary/aromatic N) is 3. The van der Waals surface area contributed by atoms with Gasteiger partial charge in [-0.05, 0) is 11.3 Å². The molecule has 0 aliphatic rings. The van der Waals surface area contributed by atoms with Crippen LogP contribution in [0.4, 0.5) is 0 Å². The third kappa shape index (κ3) is 1.20. The highest BCUT2D eigenvalue weighted by molar-refractivity contribution is 6.02. The molecular formula is C8H6N4O. The minimum absolute atomic E-state index is 0.158. The van der Waals surface area contributed by atoms with Gasteiger partial charge in [0.05, 0.1) is 5.52 Å². The normalized spacial score (nSPS) is 10.2. The Bertz CT molecular complexity index is 463. The van der Waals surface area contributed by atoms with Crippen LogP contribution in [0.5, 0.6) is 0 Å². The van der Waals surface area contributed by atoms with Crippen molar-refractivity contribution in [1.82, 2.24) is 15.4 Å². The molecule has 0 aliphatic carbocycles. The smallest absolute Gasteiger partial charge is 0.269 e. The van der Waals surface area contributed by atoms with Crippen LogP contribution in [0, 0.1) is 0 Å². The average molecular weight is 174 g/mol. The van der Waals surface area contributed by atoms with Crippen LogP contribution in [-0.4, -0.2) is 21.3 Å². The standard InChI is InChI=1S/C8H6N4O/c9-8(13)7-5-3-1-2-4-6(5)10-12-11-7/h1-4H,(H2,9,13). The fraction of sp³-hybridized carbons (Fsp3) is 0. The molecule has 1 amide bonds. The Morgan fingerprint density at radius 2 is 2.00 bits per heavy atom. The first kappa shape index (κ1) is 7.60. The monoisotopic (exact) mass is 174 g/mol. The number of hydrogen-bond acceptors (Lipinski definition) is 4. The number of amides is 1. The number of rotatable bonds is 1. The predicted molar refractivity (Wildman–Crippen MR) is 45.9 cm³/mol. The fourth-order valence-electron chi connectivity index (χ4n) is 1.11. The average Bonchev–Trinajstić information content (AvgIpc) is 2.17. The third-order valence-corrected chi connectivity index (χ3v) is 1.69. The van der Waals surface area contributed by atoms with E-state index in [1.54, 1.807) is 18.2 Å². The van der Waals surface area contributed by atoms with E-state index in [1.165, 1.54) is 0 Å². The number of hydrogen-bond donors (Lipinski definition) is 1. The van der Waals surface area contributed by atoms with Gasteiger partial charge < -0.3 is 5.73 Å². The van der Waals surface area contributed by atoms with Gasteiger partial charge in [0.15, 0.2) is 5.69 Å². The van der Waals surface area contributed by atoms with Crippen LogP contribution in [0.25, 0.3) is 10.9 Å². The van der Waals surface area contributed by atoms with Gasteiger partial charge >= 0.3 is 0 Å². The molecule has 0 radical (unpaired) electrons. The van der Waals surface area contributed by atoms with Gasteiger partial charge in [-0.3, -0.25) is 4.79 Å². The topological polar surface area (TPSA) is 81.8 Å². The first-order valence-corrected chi connectivity index (χ1v) is 3.67. The first-order valence-electron chi connectivity index (χ1n) is 3.67. The van der Waals surface area contributed by atoms with Gasteiger partial charge in [-0.2, -0.15) is 0 Å². The van der Waals surface area contributed by atoms with Crippen LogP contribution in [-0.2, 0) is 0 Å². The fourth-order valence-corrected chi connectivity index (χ4v) is 1.11. The summed E-state index contributed by atoms with van der Waals surface area (Å²) in [5.74, 6) is -0.592. The van der Waals surface area contributed by atoms with Crippen molar-refractivity contribution in [2.75, 3.05) is 0 Å². The lowest BCUT2D eigenvalue weighted by atomic mass is 10.2. The highest BCUT2D eigenvalue weighted by Crippen LogP contribution is 2.11. The number of benzene rings is 1. The Hall–Kier alpha value is -2.04. The Balaban J connectivity index is 2.83. The van der Waals surface area contributed by atoms with Crippen molar-refractivity contribution in [1.29, 1.82) is 0 Å². The number of fused-ring (bicyclic) bond motifs is 1. The molecule has 0 atom stereocenters. The highest BCUT2D eigenvalue weighted by atomic mass is 16.1. The number of aromatic nitrogens is 3. The summed E-state index contributed by atoms with van der Waals surface area (Å²) < 4.78 is 0. The van der Waals surface area contributed by atoms with Crippen molar-refractivity contribution in [2.45, 2.75) is 0 Å². The summed E-state index contributed by atoms with van der Waals surface area (Å²) in [6.07, 6.45) is 0. The molecule has 2 N–H and O–H groups in total. The molecule has 1 heterocycles. The van der Waals surface area contributed by atoms with E-state index in [4.69, 9.17) is 5.73 Å². The van der Waals surface area contributed by atoms with Gasteiger partial charge in [0.25, 0.3) is 5.91 Å². The molecule has 0 bridgehead atoms. The molecule has 0 aliphatic heterocycles. The van der Waals surface area contributed by atoms with Crippen LogP contribution in [0.3, 0.4) is 0 Å². The van der Waals surface area contributed by atoms with Crippen LogP contribution in [0.15, 0.2) is 24.3 Å². The van der Waals surface area contributed by atoms with E-state index in [2.05, 4.69) is 15.4 Å². The van der Waals surface area contributed by atoms with E-state index >= 15 is 0 Å². The highest BCUT2D eigenvalue weighted by Gasteiger charge is 2.08. The van der Waals surface area contributed by atoms with Gasteiger partial charge in [-0.25, -0.2) is 0 Å². The number of carbonyl (C=O) groups is 1. The first-order chi connectivity index (χ1) is 6.29. The van der Waals surface area contributed by atoms with Crippen molar-refractivity contribution in [3.63, 3.8) is 0 Å². The zero-order valence-corrected chi connectivity index (χ0v) is 6.64. The van der Waals surface area contributed by atoms with E-state index in [1.807, 2.05) is 6.07 Å². The van der Waals surface area contributed by atoms with Gasteiger partial charge in [-0.15, -0.1) is 10.2 Å². The van der Waals surface area contributed by atoms with E-state index in [9.17, 15) is 4.79 Å². The van der Waals surface area contributed by atoms with E-state index in [0.29, 0.717) is 10.9 Å². The SMILES string of the molecule is NC(=O)c1nnnc2ccccc12. The van der Waals surface area contributed by atoms with E-state index < -0.39 is 5.91 Å². The second-order valence-corrected chi connectivity index (χ2v) is 2.52. The van der Waals surface area contributed by atoms with Crippen LogP contribution in [0.1, 0.15) is 10.5 Å². The molecule has 0 fully saturated rings. The molecular weight excluding hydrogens is 168 g/mol. The zero-order chi connectivity index (χ0) is 9.26. The quantitative estimate of drug-likeness (QED) is 0.665. The minimum atomic E-state index is -0.592. The predicted octanol–water partition coefficient (Wildman–Crippen LogP) is 0.124. The molecule has 1 aromatic carbocycles. The van der Waals surface area contributed by atoms with Gasteiger partial charge in [-0.1, -0.05) is 18.2 Å². The summed E-state index contributed by atoms with van der Waals surface area (Å²) in [6.45, 7) is 0. The van der Waals surface area contributed by atoms with Gasteiger partial charge in [0.2, 0.25) is 0 Å². The Labute approximate surface area is 73.6 Å². The van der Waals surface area contributed by atoms with Gasteiger partial charge in [0, 0.05) is 5.39 Å². The second-order valence-electron chi connectivity index (χ2n) is 2.52. The summed E-state index contributed by atoms with van der Waals surface area (Å²) in [4.78, 5) is 10.9. The number of nitrogens with two attached hydrogens (primary N) is 1. The summed E-state index contributed by atoms with van der Waals surface area (Å²) in [6, 6.07) is 7.08. The van der Waals surface area contributed by atoms with E-state index in [-0.39, 0.29) is 5.69 Å². The Morgan fingerprint density at radius 3 is 2.77 bits per heavy atom. The van der Waals surface area contributed by atoms with Crippen LogP contribution < -0.4 is 5.73 Å². The Morgan fingerprint density at radius 1 is 1.23 bits per heavy atom. The molecule has 0 unspecified atom stereocenters. The molecule has 64 valence electrons. The summed E-state index contributed by atoms with van der Waals surface area (Å²) in [5.41, 5.74) is 5.89. The molecule has 2 rings (SSSR count). The lowest BCUT2D eigenvalue weighted by Crippen LogP contribution is -2.14. The van der Waals surface area contributed by atoms with Crippen molar-refractivity contribution in [2.24, 2.45) is 5.73 Å². The van der Waals surface area contributed by atoms with Crippen molar-refractivity contribution in [3.05, 3.63) is 30.0 Å². The van der Waals surface area contributed by atoms with Crippen molar-refractivity contribution >= 4 is 16.8 Å². The van der Waals surface area contributed by atoms with Crippen molar-refractivity contribution < 1.29 is 4.79 Å². The maximum Gasteiger partial charge on any atom is 0.269 e. The van der Waals surface area contributed by atoms with Crippen LogP contribution in [0.2, 0.25) is 0 Å². The lowest BCUT2D eigenvalue weighted by molar-refractivity contribution is 0.0996. The molecule has 2 aromatic rings. The summed E-state index contributed by atoms with van der Waals surface area (Å²) in [5, 5.41) is 11.4. The summed E-state index contributed by atoms with van der Waals surface area (Å²) in [7, 11) is 0.